The van der Waals surface area contributed by atoms with Crippen LogP contribution in [0.25, 0.3) is 0 Å². The lowest BCUT2D eigenvalue weighted by molar-refractivity contribution is -0.130. The third-order valence-corrected chi connectivity index (χ3v) is 3.34. The summed E-state index contributed by atoms with van der Waals surface area (Å²) in [4.78, 5) is 16.0. The van der Waals surface area contributed by atoms with Crippen LogP contribution in [0.2, 0.25) is 0 Å². The minimum atomic E-state index is -0.0296. The van der Waals surface area contributed by atoms with E-state index in [1.807, 2.05) is 48.3 Å². The number of furan rings is 1. The van der Waals surface area contributed by atoms with Crippen molar-refractivity contribution in [3.63, 3.8) is 0 Å². The third-order valence-electron chi connectivity index (χ3n) is 3.34. The van der Waals surface area contributed by atoms with Crippen molar-refractivity contribution in [3.8, 4) is 6.07 Å². The molecule has 22 heavy (non-hydrogen) atoms. The van der Waals surface area contributed by atoms with Crippen molar-refractivity contribution in [1.82, 2.24) is 4.90 Å². The van der Waals surface area contributed by atoms with E-state index in [0.29, 0.717) is 25.3 Å². The van der Waals surface area contributed by atoms with Crippen LogP contribution in [0.3, 0.4) is 0 Å². The molecule has 1 aromatic carbocycles. The van der Waals surface area contributed by atoms with Gasteiger partial charge >= 0.3 is 0 Å². The molecular formula is C17H19N3O2. The fourth-order valence-corrected chi connectivity index (χ4v) is 2.14. The number of hydrogen-bond acceptors (Lipinski definition) is 4. The summed E-state index contributed by atoms with van der Waals surface area (Å²) < 4.78 is 5.29. The number of hydrogen-bond donors (Lipinski definition) is 0. The smallest absolute Gasteiger partial charge is 0.242 e. The predicted molar refractivity (Wildman–Crippen MR) is 84.1 cm³/mol. The van der Waals surface area contributed by atoms with E-state index in [1.54, 1.807) is 17.2 Å². The van der Waals surface area contributed by atoms with Crippen LogP contribution >= 0.6 is 0 Å². The zero-order valence-electron chi connectivity index (χ0n) is 12.6. The van der Waals surface area contributed by atoms with Gasteiger partial charge in [0.15, 0.2) is 0 Å². The first-order valence-corrected chi connectivity index (χ1v) is 7.14. The molecule has 5 heteroatoms. The maximum atomic E-state index is 12.5. The second-order valence-corrected chi connectivity index (χ2v) is 4.99. The highest BCUT2D eigenvalue weighted by molar-refractivity contribution is 5.81. The van der Waals surface area contributed by atoms with Gasteiger partial charge in [0.25, 0.3) is 0 Å². The van der Waals surface area contributed by atoms with Gasteiger partial charge < -0.3 is 14.2 Å². The summed E-state index contributed by atoms with van der Waals surface area (Å²) in [6.45, 7) is 1.05. The normalized spacial score (nSPS) is 10.0. The first-order valence-electron chi connectivity index (χ1n) is 7.14. The SMILES string of the molecule is CN(CC(=O)N(CCC#N)Cc1ccco1)c1ccccc1. The molecule has 5 nitrogen and oxygen atoms in total. The summed E-state index contributed by atoms with van der Waals surface area (Å²) in [5.74, 6) is 0.687. The molecule has 0 fully saturated rings. The Morgan fingerprint density at radius 1 is 1.23 bits per heavy atom. The largest absolute Gasteiger partial charge is 0.467 e. The molecule has 2 aromatic rings. The Hall–Kier alpha value is -2.74. The molecule has 0 unspecified atom stereocenters. The third kappa shape index (κ3) is 4.38. The van der Waals surface area contributed by atoms with E-state index in [-0.39, 0.29) is 12.5 Å². The van der Waals surface area contributed by atoms with Crippen molar-refractivity contribution < 1.29 is 9.21 Å². The molecule has 1 aromatic heterocycles. The van der Waals surface area contributed by atoms with Gasteiger partial charge in [-0.05, 0) is 24.3 Å². The molecule has 2 rings (SSSR count). The molecule has 0 N–H and O–H groups in total. The van der Waals surface area contributed by atoms with Gasteiger partial charge in [0.1, 0.15) is 5.76 Å². The van der Waals surface area contributed by atoms with E-state index < -0.39 is 0 Å². The number of likely N-dealkylation sites (N-methyl/N-ethyl adjacent to an activating group) is 1. The van der Waals surface area contributed by atoms with Crippen LogP contribution in [-0.2, 0) is 11.3 Å². The molecule has 0 aliphatic heterocycles. The highest BCUT2D eigenvalue weighted by atomic mass is 16.3. The summed E-state index contributed by atoms with van der Waals surface area (Å²) in [6.07, 6.45) is 1.89. The number of carbonyl (C=O) groups excluding carboxylic acids is 1. The number of benzene rings is 1. The van der Waals surface area contributed by atoms with Gasteiger partial charge in [0, 0.05) is 19.3 Å². The molecule has 1 amide bonds. The van der Waals surface area contributed by atoms with Crippen LogP contribution in [0.15, 0.2) is 53.1 Å². The minimum Gasteiger partial charge on any atom is -0.467 e. The Labute approximate surface area is 130 Å². The molecular weight excluding hydrogens is 278 g/mol. The highest BCUT2D eigenvalue weighted by Crippen LogP contribution is 2.12. The number of nitrogens with zero attached hydrogens (tertiary/aromatic N) is 3. The summed E-state index contributed by atoms with van der Waals surface area (Å²) in [5, 5.41) is 8.76. The average Bonchev–Trinajstić information content (AvgIpc) is 3.05. The summed E-state index contributed by atoms with van der Waals surface area (Å²) in [7, 11) is 1.88. The molecule has 0 atom stereocenters. The Morgan fingerprint density at radius 3 is 2.64 bits per heavy atom. The van der Waals surface area contributed by atoms with E-state index in [9.17, 15) is 4.79 Å². The van der Waals surface area contributed by atoms with Crippen molar-refractivity contribution in [2.24, 2.45) is 0 Å². The number of anilines is 1. The maximum absolute atomic E-state index is 12.5. The molecule has 0 radical (unpaired) electrons. The van der Waals surface area contributed by atoms with Gasteiger partial charge in [-0.15, -0.1) is 0 Å². The number of amides is 1. The fourth-order valence-electron chi connectivity index (χ4n) is 2.14. The molecule has 0 aliphatic rings. The maximum Gasteiger partial charge on any atom is 0.242 e. The second-order valence-electron chi connectivity index (χ2n) is 4.99. The highest BCUT2D eigenvalue weighted by Gasteiger charge is 2.17. The topological polar surface area (TPSA) is 60.5 Å². The number of para-hydroxylation sites is 1. The van der Waals surface area contributed by atoms with Crippen LogP contribution < -0.4 is 4.90 Å². The quantitative estimate of drug-likeness (QED) is 0.788. The van der Waals surface area contributed by atoms with E-state index in [4.69, 9.17) is 9.68 Å². The lowest BCUT2D eigenvalue weighted by Gasteiger charge is -2.25. The molecule has 1 heterocycles. The van der Waals surface area contributed by atoms with Crippen molar-refractivity contribution in [3.05, 3.63) is 54.5 Å². The lowest BCUT2D eigenvalue weighted by Crippen LogP contribution is -2.39. The zero-order valence-corrected chi connectivity index (χ0v) is 12.6. The fraction of sp³-hybridized carbons (Fsp3) is 0.294. The lowest BCUT2D eigenvalue weighted by atomic mass is 10.3. The molecule has 114 valence electrons. The zero-order chi connectivity index (χ0) is 15.8. The van der Waals surface area contributed by atoms with Crippen molar-refractivity contribution >= 4 is 11.6 Å². The summed E-state index contributed by atoms with van der Waals surface area (Å²) >= 11 is 0. The predicted octanol–water partition coefficient (Wildman–Crippen LogP) is 2.66. The van der Waals surface area contributed by atoms with E-state index in [0.717, 1.165) is 5.69 Å². The number of carbonyl (C=O) groups is 1. The first kappa shape index (κ1) is 15.6. The Kier molecular flexibility index (Phi) is 5.61. The van der Waals surface area contributed by atoms with Crippen LogP contribution in [0, 0.1) is 11.3 Å². The minimum absolute atomic E-state index is 0.0296. The second kappa shape index (κ2) is 7.89. The van der Waals surface area contributed by atoms with Gasteiger partial charge in [0.05, 0.1) is 31.8 Å². The summed E-state index contributed by atoms with van der Waals surface area (Å²) in [6, 6.07) is 15.4. The number of rotatable bonds is 7. The van der Waals surface area contributed by atoms with Crippen molar-refractivity contribution in [2.45, 2.75) is 13.0 Å². The van der Waals surface area contributed by atoms with Crippen molar-refractivity contribution in [1.29, 1.82) is 5.26 Å². The van der Waals surface area contributed by atoms with E-state index >= 15 is 0 Å². The van der Waals surface area contributed by atoms with E-state index in [2.05, 4.69) is 6.07 Å². The molecule has 0 saturated heterocycles. The Morgan fingerprint density at radius 2 is 2.00 bits per heavy atom. The van der Waals surface area contributed by atoms with Gasteiger partial charge in [-0.25, -0.2) is 0 Å². The van der Waals surface area contributed by atoms with Crippen LogP contribution in [0.1, 0.15) is 12.2 Å². The van der Waals surface area contributed by atoms with Crippen LogP contribution in [-0.4, -0.2) is 30.9 Å². The van der Waals surface area contributed by atoms with Crippen LogP contribution in [0.5, 0.6) is 0 Å². The molecule has 0 saturated carbocycles. The number of nitriles is 1. The average molecular weight is 297 g/mol. The monoisotopic (exact) mass is 297 g/mol. The van der Waals surface area contributed by atoms with Gasteiger partial charge in [-0.1, -0.05) is 18.2 Å². The van der Waals surface area contributed by atoms with Crippen LogP contribution in [0.4, 0.5) is 5.69 Å². The van der Waals surface area contributed by atoms with Gasteiger partial charge in [-0.3, -0.25) is 4.79 Å². The Bertz CT molecular complexity index is 617. The van der Waals surface area contributed by atoms with Crippen molar-refractivity contribution in [2.75, 3.05) is 25.0 Å². The summed E-state index contributed by atoms with van der Waals surface area (Å²) in [5.41, 5.74) is 0.981. The molecule has 0 spiro atoms. The first-order chi connectivity index (χ1) is 10.7. The van der Waals surface area contributed by atoms with E-state index in [1.165, 1.54) is 0 Å². The Balaban J connectivity index is 2.00. The van der Waals surface area contributed by atoms with Gasteiger partial charge in [0.2, 0.25) is 5.91 Å². The van der Waals surface area contributed by atoms with Gasteiger partial charge in [-0.2, -0.15) is 5.26 Å². The molecule has 0 aliphatic carbocycles. The molecule has 0 bridgehead atoms. The standard InChI is InChI=1S/C17H19N3O2/c1-19(15-7-3-2-4-8-15)14-17(21)20(11-6-10-18)13-16-9-5-12-22-16/h2-5,7-9,12H,6,11,13-14H2,1H3.